The minimum absolute atomic E-state index is 0.278. The number of sulfonamides is 1. The van der Waals surface area contributed by atoms with Crippen LogP contribution >= 0.6 is 0 Å². The summed E-state index contributed by atoms with van der Waals surface area (Å²) in [6.45, 7) is 3.11. The van der Waals surface area contributed by atoms with Crippen molar-refractivity contribution < 1.29 is 8.42 Å². The molecule has 1 aromatic carbocycles. The molecule has 2 rings (SSSR count). The van der Waals surface area contributed by atoms with Crippen LogP contribution in [0.4, 0.5) is 0 Å². The van der Waals surface area contributed by atoms with Crippen molar-refractivity contribution in [3.05, 3.63) is 36.5 Å². The molecule has 0 fully saturated rings. The zero-order valence-corrected chi connectivity index (χ0v) is 12.9. The van der Waals surface area contributed by atoms with Gasteiger partial charge in [-0.2, -0.15) is 0 Å². The molecule has 1 atom stereocenters. The maximum Gasteiger partial charge on any atom is 0.241 e. The van der Waals surface area contributed by atoms with Crippen molar-refractivity contribution in [1.82, 2.24) is 9.71 Å². The molecule has 0 aliphatic carbocycles. The third kappa shape index (κ3) is 4.00. The average Bonchev–Trinajstić information content (AvgIpc) is 2.50. The lowest BCUT2D eigenvalue weighted by molar-refractivity contribution is 0.513. The van der Waals surface area contributed by atoms with Gasteiger partial charge < -0.3 is 5.73 Å². The van der Waals surface area contributed by atoms with Crippen molar-refractivity contribution >= 4 is 20.9 Å². The fraction of sp³-hybridized carbons (Fsp3) is 0.400. The number of benzene rings is 1. The van der Waals surface area contributed by atoms with Gasteiger partial charge in [0.25, 0.3) is 0 Å². The Kier molecular flexibility index (Phi) is 5.27. The van der Waals surface area contributed by atoms with Crippen LogP contribution in [0.15, 0.2) is 41.4 Å². The number of nitrogens with one attached hydrogen (secondary N) is 1. The van der Waals surface area contributed by atoms with Gasteiger partial charge >= 0.3 is 0 Å². The van der Waals surface area contributed by atoms with Gasteiger partial charge in [0.2, 0.25) is 10.0 Å². The fourth-order valence-corrected chi connectivity index (χ4v) is 3.45. The first-order chi connectivity index (χ1) is 10.0. The van der Waals surface area contributed by atoms with E-state index in [1.807, 2.05) is 0 Å². The van der Waals surface area contributed by atoms with Crippen LogP contribution in [-0.2, 0) is 10.0 Å². The average molecular weight is 307 g/mol. The van der Waals surface area contributed by atoms with Gasteiger partial charge in [-0.15, -0.1) is 0 Å². The van der Waals surface area contributed by atoms with Crippen LogP contribution in [0.25, 0.3) is 10.9 Å². The van der Waals surface area contributed by atoms with E-state index >= 15 is 0 Å². The fourth-order valence-electron chi connectivity index (χ4n) is 2.16. The molecule has 0 aliphatic heterocycles. The molecule has 0 aliphatic rings. The molecule has 1 aromatic heterocycles. The molecule has 114 valence electrons. The van der Waals surface area contributed by atoms with Crippen molar-refractivity contribution in [2.45, 2.75) is 24.7 Å². The highest BCUT2D eigenvalue weighted by Gasteiger charge is 2.16. The molecule has 0 saturated heterocycles. The lowest BCUT2D eigenvalue weighted by Crippen LogP contribution is -2.25. The van der Waals surface area contributed by atoms with Gasteiger partial charge in [-0.25, -0.2) is 13.1 Å². The normalized spacial score (nSPS) is 13.4. The Bertz CT molecular complexity index is 696. The van der Waals surface area contributed by atoms with Gasteiger partial charge in [0.15, 0.2) is 0 Å². The van der Waals surface area contributed by atoms with Crippen LogP contribution in [0.5, 0.6) is 0 Å². The van der Waals surface area contributed by atoms with Crippen molar-refractivity contribution in [1.29, 1.82) is 0 Å². The molecule has 0 amide bonds. The van der Waals surface area contributed by atoms with E-state index in [1.54, 1.807) is 36.5 Å². The number of aromatic nitrogens is 1. The van der Waals surface area contributed by atoms with Gasteiger partial charge in [0.1, 0.15) is 0 Å². The lowest BCUT2D eigenvalue weighted by Gasteiger charge is -2.11. The number of fused-ring (bicyclic) bond motifs is 1. The summed E-state index contributed by atoms with van der Waals surface area (Å²) in [5, 5.41) is 0.642. The monoisotopic (exact) mass is 307 g/mol. The lowest BCUT2D eigenvalue weighted by atomic mass is 10.1. The predicted molar refractivity (Wildman–Crippen MR) is 84.4 cm³/mol. The summed E-state index contributed by atoms with van der Waals surface area (Å²) >= 11 is 0. The van der Waals surface area contributed by atoms with Crippen molar-refractivity contribution in [2.24, 2.45) is 11.7 Å². The number of nitrogens with zero attached hydrogens (tertiary/aromatic N) is 1. The van der Waals surface area contributed by atoms with Crippen LogP contribution in [0.1, 0.15) is 19.8 Å². The standard InChI is InChI=1S/C15H21N3O2S/c1-12(11-16)5-3-10-18-21(19,20)15-8-2-7-14-13(15)6-4-9-17-14/h2,4,6-9,12,18H,3,5,10-11,16H2,1H3. The highest BCUT2D eigenvalue weighted by Crippen LogP contribution is 2.20. The van der Waals surface area contributed by atoms with E-state index in [0.717, 1.165) is 12.8 Å². The third-order valence-electron chi connectivity index (χ3n) is 3.46. The summed E-state index contributed by atoms with van der Waals surface area (Å²) in [6.07, 6.45) is 3.34. The molecule has 6 heteroatoms. The SMILES string of the molecule is CC(CN)CCCNS(=O)(=O)c1cccc2ncccc12. The highest BCUT2D eigenvalue weighted by atomic mass is 32.2. The number of nitrogens with two attached hydrogens (primary N) is 1. The van der Waals surface area contributed by atoms with Crippen LogP contribution < -0.4 is 10.5 Å². The largest absolute Gasteiger partial charge is 0.330 e. The Morgan fingerprint density at radius 3 is 2.86 bits per heavy atom. The van der Waals surface area contributed by atoms with E-state index < -0.39 is 10.0 Å². The van der Waals surface area contributed by atoms with Crippen molar-refractivity contribution in [3.8, 4) is 0 Å². The van der Waals surface area contributed by atoms with Crippen LogP contribution in [0, 0.1) is 5.92 Å². The number of hydrogen-bond donors (Lipinski definition) is 2. The molecule has 5 nitrogen and oxygen atoms in total. The highest BCUT2D eigenvalue weighted by molar-refractivity contribution is 7.89. The van der Waals surface area contributed by atoms with E-state index in [-0.39, 0.29) is 4.90 Å². The van der Waals surface area contributed by atoms with Gasteiger partial charge in [-0.1, -0.05) is 13.0 Å². The Balaban J connectivity index is 2.11. The van der Waals surface area contributed by atoms with Crippen LogP contribution in [0.3, 0.4) is 0 Å². The van der Waals surface area contributed by atoms with E-state index in [9.17, 15) is 8.42 Å². The van der Waals surface area contributed by atoms with Crippen LogP contribution in [0.2, 0.25) is 0 Å². The topological polar surface area (TPSA) is 85.1 Å². The summed E-state index contributed by atoms with van der Waals surface area (Å²) < 4.78 is 27.4. The predicted octanol–water partition coefficient (Wildman–Crippen LogP) is 1.89. The minimum atomic E-state index is -3.51. The summed E-state index contributed by atoms with van der Waals surface area (Å²) in [5.74, 6) is 0.413. The molecule has 0 bridgehead atoms. The second-order valence-electron chi connectivity index (χ2n) is 5.21. The first-order valence-electron chi connectivity index (χ1n) is 7.08. The maximum absolute atomic E-state index is 12.4. The number of rotatable bonds is 7. The molecule has 0 saturated carbocycles. The molecular formula is C15H21N3O2S. The molecular weight excluding hydrogens is 286 g/mol. The van der Waals surface area contributed by atoms with E-state index in [2.05, 4.69) is 16.6 Å². The molecule has 1 heterocycles. The maximum atomic E-state index is 12.4. The van der Waals surface area contributed by atoms with Gasteiger partial charge in [0, 0.05) is 18.1 Å². The van der Waals surface area contributed by atoms with Crippen LogP contribution in [-0.4, -0.2) is 26.5 Å². The van der Waals surface area contributed by atoms with Gasteiger partial charge in [-0.3, -0.25) is 4.98 Å². The zero-order valence-electron chi connectivity index (χ0n) is 12.1. The van der Waals surface area contributed by atoms with E-state index in [0.29, 0.717) is 29.9 Å². The minimum Gasteiger partial charge on any atom is -0.330 e. The molecule has 2 aromatic rings. The number of pyridine rings is 1. The third-order valence-corrected chi connectivity index (χ3v) is 4.98. The molecule has 21 heavy (non-hydrogen) atoms. The summed E-state index contributed by atoms with van der Waals surface area (Å²) in [4.78, 5) is 4.46. The molecule has 0 radical (unpaired) electrons. The summed E-state index contributed by atoms with van der Waals surface area (Å²) in [5.41, 5.74) is 6.23. The van der Waals surface area contributed by atoms with Crippen molar-refractivity contribution in [2.75, 3.05) is 13.1 Å². The molecule has 1 unspecified atom stereocenters. The summed E-state index contributed by atoms with van der Waals surface area (Å²) in [6, 6.07) is 8.63. The quantitative estimate of drug-likeness (QED) is 0.765. The Labute approximate surface area is 125 Å². The van der Waals surface area contributed by atoms with E-state index in [4.69, 9.17) is 5.73 Å². The summed E-state index contributed by atoms with van der Waals surface area (Å²) in [7, 11) is -3.51. The smallest absolute Gasteiger partial charge is 0.241 e. The second-order valence-corrected chi connectivity index (χ2v) is 6.94. The first-order valence-corrected chi connectivity index (χ1v) is 8.56. The second kappa shape index (κ2) is 6.98. The zero-order chi connectivity index (χ0) is 15.3. The van der Waals surface area contributed by atoms with Crippen molar-refractivity contribution in [3.63, 3.8) is 0 Å². The first kappa shape index (κ1) is 15.9. The molecule has 3 N–H and O–H groups in total. The van der Waals surface area contributed by atoms with E-state index in [1.165, 1.54) is 0 Å². The van der Waals surface area contributed by atoms with Gasteiger partial charge in [0.05, 0.1) is 10.4 Å². The number of hydrogen-bond acceptors (Lipinski definition) is 4. The Morgan fingerprint density at radius 2 is 2.10 bits per heavy atom. The Hall–Kier alpha value is -1.50. The van der Waals surface area contributed by atoms with Gasteiger partial charge in [-0.05, 0) is 49.6 Å². The molecule has 0 spiro atoms. The Morgan fingerprint density at radius 1 is 1.29 bits per heavy atom.